The molecule has 1 amide bonds. The lowest BCUT2D eigenvalue weighted by Gasteiger charge is -2.28. The van der Waals surface area contributed by atoms with Gasteiger partial charge in [0.05, 0.1) is 19.3 Å². The van der Waals surface area contributed by atoms with Gasteiger partial charge in [0.2, 0.25) is 0 Å². The maximum absolute atomic E-state index is 11.4. The largest absolute Gasteiger partial charge is 0.444 e. The van der Waals surface area contributed by atoms with Gasteiger partial charge in [-0.3, -0.25) is 4.90 Å². The summed E-state index contributed by atoms with van der Waals surface area (Å²) < 4.78 is 10.3. The molecule has 1 atom stereocenters. The van der Waals surface area contributed by atoms with Crippen molar-refractivity contribution in [3.63, 3.8) is 0 Å². The molecule has 0 aromatic heterocycles. The zero-order chi connectivity index (χ0) is 13.6. The first-order chi connectivity index (χ1) is 8.37. The molecule has 1 rings (SSSR count). The lowest BCUT2D eigenvalue weighted by molar-refractivity contribution is 0.0128. The number of amides is 1. The SMILES string of the molecule is CC(C)(C)OC(=O)NCC(O)CN1CCOCC1. The average Bonchev–Trinajstić information content (AvgIpc) is 2.25. The van der Waals surface area contributed by atoms with Gasteiger partial charge in [-0.25, -0.2) is 4.79 Å². The van der Waals surface area contributed by atoms with Gasteiger partial charge in [-0.2, -0.15) is 0 Å². The fourth-order valence-electron chi connectivity index (χ4n) is 1.66. The minimum atomic E-state index is -0.587. The lowest BCUT2D eigenvalue weighted by atomic mass is 10.2. The Morgan fingerprint density at radius 3 is 2.61 bits per heavy atom. The predicted octanol–water partition coefficient (Wildman–Crippen LogP) is 0.204. The molecule has 1 saturated heterocycles. The summed E-state index contributed by atoms with van der Waals surface area (Å²) in [7, 11) is 0. The molecule has 1 aliphatic rings. The standard InChI is InChI=1S/C12H24N2O4/c1-12(2,3)18-11(16)13-8-10(15)9-14-4-6-17-7-5-14/h10,15H,4-9H2,1-3H3,(H,13,16). The summed E-state index contributed by atoms with van der Waals surface area (Å²) in [4.78, 5) is 13.5. The van der Waals surface area contributed by atoms with Gasteiger partial charge in [-0.15, -0.1) is 0 Å². The molecule has 1 fully saturated rings. The monoisotopic (exact) mass is 260 g/mol. The average molecular weight is 260 g/mol. The highest BCUT2D eigenvalue weighted by molar-refractivity contribution is 5.67. The molecule has 0 saturated carbocycles. The quantitative estimate of drug-likeness (QED) is 0.756. The number of hydrogen-bond acceptors (Lipinski definition) is 5. The van der Waals surface area contributed by atoms with Crippen LogP contribution in [0, 0.1) is 0 Å². The summed E-state index contributed by atoms with van der Waals surface area (Å²) >= 11 is 0. The van der Waals surface area contributed by atoms with E-state index in [1.165, 1.54) is 0 Å². The molecule has 1 aliphatic heterocycles. The van der Waals surface area contributed by atoms with Gasteiger partial charge in [-0.05, 0) is 20.8 Å². The van der Waals surface area contributed by atoms with Crippen LogP contribution < -0.4 is 5.32 Å². The Morgan fingerprint density at radius 2 is 2.06 bits per heavy atom. The molecule has 0 aromatic rings. The summed E-state index contributed by atoms with van der Waals surface area (Å²) in [6.45, 7) is 9.20. The van der Waals surface area contributed by atoms with Crippen LogP contribution in [0.3, 0.4) is 0 Å². The third-order valence-corrected chi connectivity index (χ3v) is 2.45. The second kappa shape index (κ2) is 6.92. The van der Waals surface area contributed by atoms with Crippen LogP contribution in [0.5, 0.6) is 0 Å². The summed E-state index contributed by atoms with van der Waals surface area (Å²) in [5, 5.41) is 12.4. The van der Waals surface area contributed by atoms with Gasteiger partial charge >= 0.3 is 6.09 Å². The molecule has 0 spiro atoms. The number of aliphatic hydroxyl groups excluding tert-OH is 1. The topological polar surface area (TPSA) is 71.0 Å². The van der Waals surface area contributed by atoms with Crippen LogP contribution in [-0.2, 0) is 9.47 Å². The lowest BCUT2D eigenvalue weighted by Crippen LogP contribution is -2.45. The minimum absolute atomic E-state index is 0.201. The van der Waals surface area contributed by atoms with Gasteiger partial charge in [0.1, 0.15) is 5.60 Å². The maximum atomic E-state index is 11.4. The maximum Gasteiger partial charge on any atom is 0.407 e. The van der Waals surface area contributed by atoms with Crippen LogP contribution in [-0.4, -0.2) is 67.2 Å². The van der Waals surface area contributed by atoms with Gasteiger partial charge < -0.3 is 19.9 Å². The van der Waals surface area contributed by atoms with Crippen molar-refractivity contribution in [2.45, 2.75) is 32.5 Å². The first-order valence-electron chi connectivity index (χ1n) is 6.32. The number of aliphatic hydroxyl groups is 1. The summed E-state index contributed by atoms with van der Waals surface area (Å²) in [6.07, 6.45) is -1.08. The number of alkyl carbamates (subject to hydrolysis) is 1. The van der Waals surface area contributed by atoms with E-state index >= 15 is 0 Å². The van der Waals surface area contributed by atoms with Crippen molar-refractivity contribution in [1.82, 2.24) is 10.2 Å². The molecule has 0 radical (unpaired) electrons. The molecule has 106 valence electrons. The molecular weight excluding hydrogens is 236 g/mol. The Balaban J connectivity index is 2.16. The molecule has 1 heterocycles. The zero-order valence-corrected chi connectivity index (χ0v) is 11.4. The molecule has 1 unspecified atom stereocenters. The van der Waals surface area contributed by atoms with Gasteiger partial charge in [0.25, 0.3) is 0 Å². The van der Waals surface area contributed by atoms with Crippen molar-refractivity contribution < 1.29 is 19.4 Å². The third-order valence-electron chi connectivity index (χ3n) is 2.45. The summed E-state index contributed by atoms with van der Waals surface area (Å²) in [5.74, 6) is 0. The van der Waals surface area contributed by atoms with Crippen LogP contribution in [0.1, 0.15) is 20.8 Å². The highest BCUT2D eigenvalue weighted by atomic mass is 16.6. The van der Waals surface area contributed by atoms with Gasteiger partial charge in [0.15, 0.2) is 0 Å². The molecule has 6 nitrogen and oxygen atoms in total. The van der Waals surface area contributed by atoms with E-state index in [1.807, 2.05) is 0 Å². The van der Waals surface area contributed by atoms with Crippen molar-refractivity contribution in [2.24, 2.45) is 0 Å². The van der Waals surface area contributed by atoms with E-state index in [4.69, 9.17) is 9.47 Å². The van der Waals surface area contributed by atoms with E-state index in [-0.39, 0.29) is 6.54 Å². The van der Waals surface area contributed by atoms with Crippen LogP contribution in [0.25, 0.3) is 0 Å². The molecule has 2 N–H and O–H groups in total. The van der Waals surface area contributed by atoms with E-state index < -0.39 is 17.8 Å². The van der Waals surface area contributed by atoms with E-state index in [9.17, 15) is 9.90 Å². The molecule has 6 heteroatoms. The molecule has 0 bridgehead atoms. The Hall–Kier alpha value is -0.850. The number of β-amino-alcohol motifs (C(OH)–C–C–N with tert-alkyl or cyclic N) is 1. The number of carbonyl (C=O) groups excluding carboxylic acids is 1. The number of nitrogens with zero attached hydrogens (tertiary/aromatic N) is 1. The Kier molecular flexibility index (Phi) is 5.84. The van der Waals surface area contributed by atoms with Crippen molar-refractivity contribution in [3.8, 4) is 0 Å². The summed E-state index contributed by atoms with van der Waals surface area (Å²) in [6, 6.07) is 0. The van der Waals surface area contributed by atoms with Crippen LogP contribution in [0.4, 0.5) is 4.79 Å². The third kappa shape index (κ3) is 6.78. The van der Waals surface area contributed by atoms with Crippen molar-refractivity contribution in [2.75, 3.05) is 39.4 Å². The number of ether oxygens (including phenoxy) is 2. The van der Waals surface area contributed by atoms with Gasteiger partial charge in [0, 0.05) is 26.2 Å². The van der Waals surface area contributed by atoms with Crippen molar-refractivity contribution in [1.29, 1.82) is 0 Å². The first-order valence-corrected chi connectivity index (χ1v) is 6.32. The molecular formula is C12H24N2O4. The number of morpholine rings is 1. The van der Waals surface area contributed by atoms with E-state index in [2.05, 4.69) is 10.2 Å². The number of hydrogen-bond donors (Lipinski definition) is 2. The Morgan fingerprint density at radius 1 is 1.44 bits per heavy atom. The fourth-order valence-corrected chi connectivity index (χ4v) is 1.66. The second-order valence-electron chi connectivity index (χ2n) is 5.45. The van der Waals surface area contributed by atoms with Gasteiger partial charge in [-0.1, -0.05) is 0 Å². The predicted molar refractivity (Wildman–Crippen MR) is 67.5 cm³/mol. The first kappa shape index (κ1) is 15.2. The highest BCUT2D eigenvalue weighted by Gasteiger charge is 2.18. The Labute approximate surface area is 108 Å². The zero-order valence-electron chi connectivity index (χ0n) is 11.4. The smallest absolute Gasteiger partial charge is 0.407 e. The van der Waals surface area contributed by atoms with E-state index in [1.54, 1.807) is 20.8 Å². The van der Waals surface area contributed by atoms with Crippen LogP contribution >= 0.6 is 0 Å². The number of rotatable bonds is 4. The fraction of sp³-hybridized carbons (Fsp3) is 0.917. The highest BCUT2D eigenvalue weighted by Crippen LogP contribution is 2.06. The van der Waals surface area contributed by atoms with Crippen LogP contribution in [0.15, 0.2) is 0 Å². The van der Waals surface area contributed by atoms with Crippen molar-refractivity contribution >= 4 is 6.09 Å². The molecule has 0 aromatic carbocycles. The second-order valence-corrected chi connectivity index (χ2v) is 5.45. The Bertz CT molecular complexity index is 259. The number of nitrogens with one attached hydrogen (secondary N) is 1. The number of carbonyl (C=O) groups is 1. The molecule has 0 aliphatic carbocycles. The van der Waals surface area contributed by atoms with E-state index in [0.717, 1.165) is 13.1 Å². The van der Waals surface area contributed by atoms with Crippen LogP contribution in [0.2, 0.25) is 0 Å². The molecule has 18 heavy (non-hydrogen) atoms. The normalized spacial score (nSPS) is 19.3. The minimum Gasteiger partial charge on any atom is -0.444 e. The van der Waals surface area contributed by atoms with E-state index in [0.29, 0.717) is 19.8 Å². The summed E-state index contributed by atoms with van der Waals surface area (Å²) in [5.41, 5.74) is -0.515. The van der Waals surface area contributed by atoms with Crippen molar-refractivity contribution in [3.05, 3.63) is 0 Å².